The monoisotopic (exact) mass is 171 g/mol. The first-order valence-electron chi connectivity index (χ1n) is 4.53. The van der Waals surface area contributed by atoms with Gasteiger partial charge < -0.3 is 5.11 Å². The molecule has 1 heterocycles. The lowest BCUT2D eigenvalue weighted by molar-refractivity contribution is -0.138. The van der Waals surface area contributed by atoms with E-state index < -0.39 is 5.97 Å². The Morgan fingerprint density at radius 1 is 1.67 bits per heavy atom. The van der Waals surface area contributed by atoms with Crippen LogP contribution in [0.3, 0.4) is 0 Å². The van der Waals surface area contributed by atoms with Crippen molar-refractivity contribution in [1.29, 1.82) is 0 Å². The molecule has 12 heavy (non-hydrogen) atoms. The van der Waals surface area contributed by atoms with Gasteiger partial charge in [-0.25, -0.2) is 0 Å². The summed E-state index contributed by atoms with van der Waals surface area (Å²) in [7, 11) is 0. The molecule has 3 heteroatoms. The van der Waals surface area contributed by atoms with Crippen molar-refractivity contribution in [3.05, 3.63) is 0 Å². The fourth-order valence-electron chi connectivity index (χ4n) is 1.74. The number of hydrogen-bond acceptors (Lipinski definition) is 2. The molecule has 0 aliphatic carbocycles. The molecule has 0 aromatic carbocycles. The predicted octanol–water partition coefficient (Wildman–Crippen LogP) is 1.05. The van der Waals surface area contributed by atoms with Gasteiger partial charge in [-0.1, -0.05) is 13.8 Å². The third-order valence-corrected chi connectivity index (χ3v) is 2.61. The quantitative estimate of drug-likeness (QED) is 0.690. The highest BCUT2D eigenvalue weighted by atomic mass is 16.4. The van der Waals surface area contributed by atoms with Crippen LogP contribution in [0.4, 0.5) is 0 Å². The number of aliphatic carboxylic acids is 1. The standard InChI is InChI=1S/C9H17NO2/c1-7(2)8-3-4-10(5-8)6-9(11)12/h7-8H,3-6H2,1-2H3,(H,11,12)/t8-/m1/s1. The van der Waals surface area contributed by atoms with Crippen molar-refractivity contribution >= 4 is 5.97 Å². The fraction of sp³-hybridized carbons (Fsp3) is 0.889. The van der Waals surface area contributed by atoms with Gasteiger partial charge in [-0.05, 0) is 24.8 Å². The molecule has 1 aliphatic heterocycles. The Labute approximate surface area is 73.4 Å². The highest BCUT2D eigenvalue weighted by molar-refractivity contribution is 5.69. The van der Waals surface area contributed by atoms with Crippen LogP contribution in [0.5, 0.6) is 0 Å². The second-order valence-electron chi connectivity index (χ2n) is 3.92. The Hall–Kier alpha value is -0.570. The molecule has 0 radical (unpaired) electrons. The Kier molecular flexibility index (Phi) is 3.09. The molecular weight excluding hydrogens is 154 g/mol. The zero-order chi connectivity index (χ0) is 9.14. The molecule has 0 spiro atoms. The molecule has 0 amide bonds. The van der Waals surface area contributed by atoms with Crippen LogP contribution in [-0.2, 0) is 4.79 Å². The van der Waals surface area contributed by atoms with Gasteiger partial charge in [0.25, 0.3) is 0 Å². The third-order valence-electron chi connectivity index (χ3n) is 2.61. The molecule has 1 aliphatic rings. The second kappa shape index (κ2) is 3.90. The summed E-state index contributed by atoms with van der Waals surface area (Å²) < 4.78 is 0. The Morgan fingerprint density at radius 2 is 2.33 bits per heavy atom. The van der Waals surface area contributed by atoms with Gasteiger partial charge in [0.1, 0.15) is 0 Å². The van der Waals surface area contributed by atoms with Crippen LogP contribution >= 0.6 is 0 Å². The average Bonchev–Trinajstić information content (AvgIpc) is 2.34. The summed E-state index contributed by atoms with van der Waals surface area (Å²) in [4.78, 5) is 12.4. The number of carbonyl (C=O) groups is 1. The number of nitrogens with zero attached hydrogens (tertiary/aromatic N) is 1. The molecule has 3 nitrogen and oxygen atoms in total. The Morgan fingerprint density at radius 3 is 2.75 bits per heavy atom. The van der Waals surface area contributed by atoms with E-state index in [1.165, 1.54) is 0 Å². The van der Waals surface area contributed by atoms with E-state index >= 15 is 0 Å². The fourth-order valence-corrected chi connectivity index (χ4v) is 1.74. The van der Waals surface area contributed by atoms with Crippen molar-refractivity contribution in [1.82, 2.24) is 4.90 Å². The zero-order valence-electron chi connectivity index (χ0n) is 7.79. The minimum Gasteiger partial charge on any atom is -0.480 e. The first-order chi connectivity index (χ1) is 5.59. The lowest BCUT2D eigenvalue weighted by atomic mass is 9.95. The van der Waals surface area contributed by atoms with E-state index in [0.717, 1.165) is 19.5 Å². The SMILES string of the molecule is CC(C)[C@@H]1CCN(CC(=O)O)C1. The second-order valence-corrected chi connectivity index (χ2v) is 3.92. The van der Waals surface area contributed by atoms with Gasteiger partial charge in [0.2, 0.25) is 0 Å². The van der Waals surface area contributed by atoms with Crippen molar-refractivity contribution in [2.45, 2.75) is 20.3 Å². The molecular formula is C9H17NO2. The van der Waals surface area contributed by atoms with Crippen LogP contribution in [0, 0.1) is 11.8 Å². The molecule has 0 aromatic heterocycles. The highest BCUT2D eigenvalue weighted by Crippen LogP contribution is 2.22. The van der Waals surface area contributed by atoms with Crippen LogP contribution in [-0.4, -0.2) is 35.6 Å². The molecule has 1 rings (SSSR count). The summed E-state index contributed by atoms with van der Waals surface area (Å²) in [5, 5.41) is 8.56. The van der Waals surface area contributed by atoms with E-state index in [2.05, 4.69) is 13.8 Å². The van der Waals surface area contributed by atoms with Gasteiger partial charge in [0.05, 0.1) is 6.54 Å². The maximum atomic E-state index is 10.4. The minimum atomic E-state index is -0.709. The topological polar surface area (TPSA) is 40.5 Å². The van der Waals surface area contributed by atoms with Gasteiger partial charge in [0.15, 0.2) is 0 Å². The van der Waals surface area contributed by atoms with Gasteiger partial charge in [-0.2, -0.15) is 0 Å². The summed E-state index contributed by atoms with van der Waals surface area (Å²) in [6.07, 6.45) is 1.16. The van der Waals surface area contributed by atoms with Crippen molar-refractivity contribution in [2.24, 2.45) is 11.8 Å². The van der Waals surface area contributed by atoms with Crippen LogP contribution in [0.1, 0.15) is 20.3 Å². The molecule has 1 fully saturated rings. The van der Waals surface area contributed by atoms with Gasteiger partial charge in [0, 0.05) is 6.54 Å². The molecule has 1 atom stereocenters. The molecule has 0 saturated carbocycles. The first kappa shape index (κ1) is 9.52. The summed E-state index contributed by atoms with van der Waals surface area (Å²) in [5.74, 6) is 0.674. The summed E-state index contributed by atoms with van der Waals surface area (Å²) in [5.41, 5.74) is 0. The van der Waals surface area contributed by atoms with Crippen LogP contribution < -0.4 is 0 Å². The van der Waals surface area contributed by atoms with Crippen LogP contribution in [0.25, 0.3) is 0 Å². The lowest BCUT2D eigenvalue weighted by Crippen LogP contribution is -2.28. The van der Waals surface area contributed by atoms with E-state index in [-0.39, 0.29) is 6.54 Å². The van der Waals surface area contributed by atoms with Gasteiger partial charge >= 0.3 is 5.97 Å². The number of carboxylic acid groups (broad SMARTS) is 1. The van der Waals surface area contributed by atoms with E-state index in [9.17, 15) is 4.79 Å². The van der Waals surface area contributed by atoms with Crippen molar-refractivity contribution < 1.29 is 9.90 Å². The average molecular weight is 171 g/mol. The van der Waals surface area contributed by atoms with E-state index in [4.69, 9.17) is 5.11 Å². The lowest BCUT2D eigenvalue weighted by Gasteiger charge is -2.15. The summed E-state index contributed by atoms with van der Waals surface area (Å²) in [6.45, 7) is 6.53. The van der Waals surface area contributed by atoms with E-state index in [1.807, 2.05) is 4.90 Å². The third kappa shape index (κ3) is 2.48. The number of rotatable bonds is 3. The number of hydrogen-bond donors (Lipinski definition) is 1. The predicted molar refractivity (Wildman–Crippen MR) is 47.0 cm³/mol. The first-order valence-corrected chi connectivity index (χ1v) is 4.53. The van der Waals surface area contributed by atoms with E-state index in [1.54, 1.807) is 0 Å². The molecule has 0 bridgehead atoms. The summed E-state index contributed by atoms with van der Waals surface area (Å²) in [6, 6.07) is 0. The number of likely N-dealkylation sites (tertiary alicyclic amines) is 1. The maximum Gasteiger partial charge on any atom is 0.317 e. The molecule has 0 aromatic rings. The molecule has 0 unspecified atom stereocenters. The molecule has 1 saturated heterocycles. The Balaban J connectivity index is 2.30. The van der Waals surface area contributed by atoms with Gasteiger partial charge in [-0.3, -0.25) is 9.69 Å². The zero-order valence-corrected chi connectivity index (χ0v) is 7.79. The largest absolute Gasteiger partial charge is 0.480 e. The normalized spacial score (nSPS) is 25.1. The Bertz CT molecular complexity index is 168. The van der Waals surface area contributed by atoms with Crippen molar-refractivity contribution in [3.63, 3.8) is 0 Å². The van der Waals surface area contributed by atoms with Crippen LogP contribution in [0.2, 0.25) is 0 Å². The maximum absolute atomic E-state index is 10.4. The number of carboxylic acids is 1. The van der Waals surface area contributed by atoms with Crippen molar-refractivity contribution in [3.8, 4) is 0 Å². The summed E-state index contributed by atoms with van der Waals surface area (Å²) >= 11 is 0. The van der Waals surface area contributed by atoms with Gasteiger partial charge in [-0.15, -0.1) is 0 Å². The molecule has 1 N–H and O–H groups in total. The van der Waals surface area contributed by atoms with Crippen molar-refractivity contribution in [2.75, 3.05) is 19.6 Å². The smallest absolute Gasteiger partial charge is 0.317 e. The van der Waals surface area contributed by atoms with E-state index in [0.29, 0.717) is 11.8 Å². The highest BCUT2D eigenvalue weighted by Gasteiger charge is 2.25. The molecule has 70 valence electrons. The van der Waals surface area contributed by atoms with Crippen LogP contribution in [0.15, 0.2) is 0 Å². The minimum absolute atomic E-state index is 0.212.